The van der Waals surface area contributed by atoms with Crippen molar-refractivity contribution in [3.63, 3.8) is 0 Å². The Morgan fingerprint density at radius 2 is 1.94 bits per heavy atom. The van der Waals surface area contributed by atoms with Gasteiger partial charge in [-0.25, -0.2) is 0 Å². The molecular weight excluding hydrogens is 394 g/mol. The monoisotopic (exact) mass is 423 g/mol. The minimum Gasteiger partial charge on any atom is -0.454 e. The zero-order valence-corrected chi connectivity index (χ0v) is 17.7. The summed E-state index contributed by atoms with van der Waals surface area (Å²) in [7, 11) is 0. The van der Waals surface area contributed by atoms with Crippen molar-refractivity contribution < 1.29 is 19.1 Å². The largest absolute Gasteiger partial charge is 0.454 e. The number of amides is 2. The highest BCUT2D eigenvalue weighted by Crippen LogP contribution is 2.43. The SMILES string of the molecule is O=C([C@H]1[C@H]2C[C@H](CN(Cc3cccc4c3OCO4)C2)[C@@H]2CCCC(=O)N21)N1CC=CC1. The van der Waals surface area contributed by atoms with Gasteiger partial charge in [-0.2, -0.15) is 0 Å². The van der Waals surface area contributed by atoms with Gasteiger partial charge in [0.1, 0.15) is 6.04 Å². The predicted molar refractivity (Wildman–Crippen MR) is 113 cm³/mol. The van der Waals surface area contributed by atoms with Crippen LogP contribution in [0.3, 0.4) is 0 Å². The molecule has 0 aliphatic carbocycles. The molecule has 164 valence electrons. The number of benzene rings is 1. The van der Waals surface area contributed by atoms with E-state index in [1.165, 1.54) is 0 Å². The molecule has 3 fully saturated rings. The molecule has 6 rings (SSSR count). The molecule has 7 heteroatoms. The fraction of sp³-hybridized carbons (Fsp3) is 0.583. The van der Waals surface area contributed by atoms with Crippen LogP contribution in [0, 0.1) is 11.8 Å². The van der Waals surface area contributed by atoms with Crippen molar-refractivity contribution in [1.29, 1.82) is 0 Å². The number of rotatable bonds is 3. The summed E-state index contributed by atoms with van der Waals surface area (Å²) in [6.45, 7) is 4.17. The Morgan fingerprint density at radius 1 is 1.10 bits per heavy atom. The molecular formula is C24H29N3O4. The Labute approximate surface area is 182 Å². The number of piperidine rings is 3. The summed E-state index contributed by atoms with van der Waals surface area (Å²) < 4.78 is 11.3. The highest BCUT2D eigenvalue weighted by molar-refractivity contribution is 5.89. The first kappa shape index (κ1) is 19.2. The number of nitrogens with zero attached hydrogens (tertiary/aromatic N) is 3. The first-order chi connectivity index (χ1) is 15.2. The minimum absolute atomic E-state index is 0.132. The van der Waals surface area contributed by atoms with E-state index in [0.717, 1.165) is 56.0 Å². The number of carbonyl (C=O) groups is 2. The van der Waals surface area contributed by atoms with E-state index in [1.54, 1.807) is 0 Å². The van der Waals surface area contributed by atoms with Crippen LogP contribution in [0.1, 0.15) is 31.2 Å². The van der Waals surface area contributed by atoms with E-state index in [-0.39, 0.29) is 36.6 Å². The maximum atomic E-state index is 13.6. The fourth-order valence-electron chi connectivity index (χ4n) is 6.40. The van der Waals surface area contributed by atoms with Crippen molar-refractivity contribution in [2.45, 2.75) is 44.3 Å². The average molecular weight is 424 g/mol. The first-order valence-electron chi connectivity index (χ1n) is 11.5. The summed E-state index contributed by atoms with van der Waals surface area (Å²) in [5.74, 6) is 2.58. The van der Waals surface area contributed by atoms with Gasteiger partial charge in [0.25, 0.3) is 0 Å². The number of hydrogen-bond acceptors (Lipinski definition) is 5. The van der Waals surface area contributed by atoms with Gasteiger partial charge in [-0.3, -0.25) is 14.5 Å². The molecule has 5 heterocycles. The summed E-state index contributed by atoms with van der Waals surface area (Å²) in [6.07, 6.45) is 7.65. The molecule has 0 radical (unpaired) electrons. The molecule has 3 saturated heterocycles. The van der Waals surface area contributed by atoms with E-state index in [1.807, 2.05) is 34.1 Å². The molecule has 2 bridgehead atoms. The van der Waals surface area contributed by atoms with E-state index in [4.69, 9.17) is 9.47 Å². The van der Waals surface area contributed by atoms with Gasteiger partial charge in [-0.1, -0.05) is 24.3 Å². The zero-order valence-electron chi connectivity index (χ0n) is 17.7. The molecule has 0 spiro atoms. The summed E-state index contributed by atoms with van der Waals surface area (Å²) in [5.41, 5.74) is 1.14. The van der Waals surface area contributed by atoms with Crippen molar-refractivity contribution in [1.82, 2.24) is 14.7 Å². The van der Waals surface area contributed by atoms with Crippen molar-refractivity contribution in [2.75, 3.05) is 33.0 Å². The lowest BCUT2D eigenvalue weighted by Crippen LogP contribution is -2.68. The predicted octanol–water partition coefficient (Wildman–Crippen LogP) is 2.02. The molecule has 5 aliphatic rings. The van der Waals surface area contributed by atoms with Crippen LogP contribution < -0.4 is 9.47 Å². The summed E-state index contributed by atoms with van der Waals surface area (Å²) in [4.78, 5) is 32.9. The van der Waals surface area contributed by atoms with Crippen molar-refractivity contribution in [3.8, 4) is 11.5 Å². The summed E-state index contributed by atoms with van der Waals surface area (Å²) in [5, 5.41) is 0. The highest BCUT2D eigenvalue weighted by Gasteiger charge is 2.52. The third-order valence-electron chi connectivity index (χ3n) is 7.67. The molecule has 31 heavy (non-hydrogen) atoms. The Bertz CT molecular complexity index is 923. The second-order valence-corrected chi connectivity index (χ2v) is 9.52. The van der Waals surface area contributed by atoms with Gasteiger partial charge < -0.3 is 19.3 Å². The van der Waals surface area contributed by atoms with E-state index in [0.29, 0.717) is 25.4 Å². The molecule has 7 nitrogen and oxygen atoms in total. The number of likely N-dealkylation sites (tertiary alicyclic amines) is 1. The van der Waals surface area contributed by atoms with Crippen LogP contribution in [0.4, 0.5) is 0 Å². The van der Waals surface area contributed by atoms with Gasteiger partial charge >= 0.3 is 0 Å². The van der Waals surface area contributed by atoms with Crippen molar-refractivity contribution in [3.05, 3.63) is 35.9 Å². The van der Waals surface area contributed by atoms with E-state index in [9.17, 15) is 9.59 Å². The summed E-state index contributed by atoms with van der Waals surface area (Å²) >= 11 is 0. The third kappa shape index (κ3) is 3.21. The lowest BCUT2D eigenvalue weighted by atomic mass is 9.71. The smallest absolute Gasteiger partial charge is 0.246 e. The van der Waals surface area contributed by atoms with Crippen LogP contribution in [0.15, 0.2) is 30.4 Å². The standard InChI is InChI=1S/C24H29N3O4/c28-21-8-4-6-19-17-11-18(22(27(19)21)24(29)26-9-1-2-10-26)14-25(13-17)12-16-5-3-7-20-23(16)31-15-30-20/h1-3,5,7,17-19,22H,4,6,8-15H2/t17-,18+,19+,22-/m1/s1. The van der Waals surface area contributed by atoms with Gasteiger partial charge in [0.05, 0.1) is 0 Å². The number of carbonyl (C=O) groups excluding carboxylic acids is 2. The highest BCUT2D eigenvalue weighted by atomic mass is 16.7. The lowest BCUT2D eigenvalue weighted by molar-refractivity contribution is -0.164. The van der Waals surface area contributed by atoms with Crippen LogP contribution in [-0.4, -0.2) is 71.6 Å². The first-order valence-corrected chi connectivity index (χ1v) is 11.5. The molecule has 5 aliphatic heterocycles. The molecule has 0 aromatic heterocycles. The average Bonchev–Trinajstić information content (AvgIpc) is 3.47. The Morgan fingerprint density at radius 3 is 2.81 bits per heavy atom. The molecule has 0 unspecified atom stereocenters. The van der Waals surface area contributed by atoms with Crippen LogP contribution in [0.2, 0.25) is 0 Å². The molecule has 2 amide bonds. The fourth-order valence-corrected chi connectivity index (χ4v) is 6.40. The van der Waals surface area contributed by atoms with Gasteiger partial charge in [-0.15, -0.1) is 0 Å². The minimum atomic E-state index is -0.321. The second kappa shape index (κ2) is 7.55. The molecule has 1 aromatic carbocycles. The molecule has 4 atom stereocenters. The Balaban J connectivity index is 1.28. The molecule has 0 saturated carbocycles. The quantitative estimate of drug-likeness (QED) is 0.696. The number of fused-ring (bicyclic) bond motifs is 5. The van der Waals surface area contributed by atoms with Gasteiger partial charge in [0, 0.05) is 56.7 Å². The van der Waals surface area contributed by atoms with Crippen molar-refractivity contribution in [2.24, 2.45) is 11.8 Å². The Hall–Kier alpha value is -2.54. The molecule has 0 N–H and O–H groups in total. The zero-order chi connectivity index (χ0) is 20.9. The van der Waals surface area contributed by atoms with Crippen molar-refractivity contribution >= 4 is 11.8 Å². The van der Waals surface area contributed by atoms with Crippen LogP contribution in [0.5, 0.6) is 11.5 Å². The van der Waals surface area contributed by atoms with E-state index in [2.05, 4.69) is 11.0 Å². The number of ether oxygens (including phenoxy) is 2. The van der Waals surface area contributed by atoms with E-state index < -0.39 is 0 Å². The van der Waals surface area contributed by atoms with Crippen LogP contribution in [-0.2, 0) is 16.1 Å². The van der Waals surface area contributed by atoms with Crippen LogP contribution >= 0.6 is 0 Å². The maximum Gasteiger partial charge on any atom is 0.246 e. The number of para-hydroxylation sites is 1. The normalized spacial score (nSPS) is 31.8. The Kier molecular flexibility index (Phi) is 4.67. The van der Waals surface area contributed by atoms with Crippen LogP contribution in [0.25, 0.3) is 0 Å². The maximum absolute atomic E-state index is 13.6. The number of hydrogen-bond donors (Lipinski definition) is 0. The van der Waals surface area contributed by atoms with Gasteiger partial charge in [0.15, 0.2) is 11.5 Å². The second-order valence-electron chi connectivity index (χ2n) is 9.52. The van der Waals surface area contributed by atoms with E-state index >= 15 is 0 Å². The lowest BCUT2D eigenvalue weighted by Gasteiger charge is -2.56. The molecule has 1 aromatic rings. The summed E-state index contributed by atoms with van der Waals surface area (Å²) in [6, 6.07) is 5.93. The third-order valence-corrected chi connectivity index (χ3v) is 7.67. The topological polar surface area (TPSA) is 62.3 Å². The van der Waals surface area contributed by atoms with Gasteiger partial charge in [0.2, 0.25) is 18.6 Å². The van der Waals surface area contributed by atoms with Gasteiger partial charge in [-0.05, 0) is 31.2 Å².